The van der Waals surface area contributed by atoms with Crippen LogP contribution in [0.3, 0.4) is 0 Å². The largest absolute Gasteiger partial charge is 0.467 e. The predicted molar refractivity (Wildman–Crippen MR) is 92.0 cm³/mol. The molecule has 0 aliphatic heterocycles. The minimum absolute atomic E-state index is 0.582. The highest BCUT2D eigenvalue weighted by molar-refractivity contribution is 5.60. The van der Waals surface area contributed by atoms with Gasteiger partial charge in [0.25, 0.3) is 0 Å². The van der Waals surface area contributed by atoms with Crippen molar-refractivity contribution in [3.8, 4) is 0 Å². The van der Waals surface area contributed by atoms with Crippen molar-refractivity contribution in [1.82, 2.24) is 9.97 Å². The summed E-state index contributed by atoms with van der Waals surface area (Å²) < 4.78 is 5.32. The maximum atomic E-state index is 5.32. The fourth-order valence-electron chi connectivity index (χ4n) is 2.38. The van der Waals surface area contributed by atoms with E-state index < -0.39 is 0 Å². The number of nitrogens with zero attached hydrogens (tertiary/aromatic N) is 2. The molecule has 0 bridgehead atoms. The van der Waals surface area contributed by atoms with Crippen molar-refractivity contribution in [2.75, 3.05) is 10.6 Å². The summed E-state index contributed by atoms with van der Waals surface area (Å²) in [7, 11) is 0. The van der Waals surface area contributed by atoms with E-state index in [2.05, 4.69) is 46.6 Å². The highest BCUT2D eigenvalue weighted by Gasteiger charge is 2.05. The first-order valence-electron chi connectivity index (χ1n) is 7.56. The van der Waals surface area contributed by atoms with Crippen LogP contribution in [0.25, 0.3) is 0 Å². The number of hydrogen-bond acceptors (Lipinski definition) is 5. The lowest BCUT2D eigenvalue weighted by molar-refractivity contribution is 0.518. The number of furan rings is 1. The van der Waals surface area contributed by atoms with Crippen LogP contribution in [0.5, 0.6) is 0 Å². The first-order valence-corrected chi connectivity index (χ1v) is 7.56. The van der Waals surface area contributed by atoms with Crippen LogP contribution in [-0.4, -0.2) is 9.97 Å². The molecule has 5 nitrogen and oxygen atoms in total. The summed E-state index contributed by atoms with van der Waals surface area (Å²) in [5.74, 6) is 2.21. The Bertz CT molecular complexity index is 797. The molecule has 0 saturated carbocycles. The van der Waals surface area contributed by atoms with Crippen LogP contribution in [0.1, 0.15) is 22.6 Å². The van der Waals surface area contributed by atoms with Gasteiger partial charge in [0.05, 0.1) is 12.8 Å². The lowest BCUT2D eigenvalue weighted by atomic mass is 10.1. The van der Waals surface area contributed by atoms with Crippen LogP contribution in [-0.2, 0) is 6.54 Å². The molecule has 2 N–H and O–H groups in total. The van der Waals surface area contributed by atoms with Gasteiger partial charge in [0.2, 0.25) is 5.95 Å². The van der Waals surface area contributed by atoms with Gasteiger partial charge in [-0.15, -0.1) is 0 Å². The van der Waals surface area contributed by atoms with E-state index in [1.807, 2.05) is 31.2 Å². The van der Waals surface area contributed by atoms with Gasteiger partial charge in [0, 0.05) is 17.4 Å². The number of rotatable bonds is 5. The molecule has 0 aliphatic carbocycles. The van der Waals surface area contributed by atoms with Crippen molar-refractivity contribution in [2.45, 2.75) is 27.3 Å². The van der Waals surface area contributed by atoms with Crippen LogP contribution in [0.2, 0.25) is 0 Å². The second-order valence-electron chi connectivity index (χ2n) is 5.59. The van der Waals surface area contributed by atoms with Gasteiger partial charge >= 0.3 is 0 Å². The molecule has 2 aromatic heterocycles. The molecule has 0 atom stereocenters. The Labute approximate surface area is 135 Å². The number of aryl methyl sites for hydroxylation is 3. The van der Waals surface area contributed by atoms with Crippen molar-refractivity contribution in [2.24, 2.45) is 0 Å². The second-order valence-corrected chi connectivity index (χ2v) is 5.59. The van der Waals surface area contributed by atoms with E-state index in [-0.39, 0.29) is 0 Å². The zero-order valence-corrected chi connectivity index (χ0v) is 13.6. The van der Waals surface area contributed by atoms with E-state index in [0.717, 1.165) is 23.0 Å². The molecule has 0 unspecified atom stereocenters. The molecule has 0 amide bonds. The molecular formula is C18H20N4O. The Balaban J connectivity index is 1.77. The molecule has 0 radical (unpaired) electrons. The fourth-order valence-corrected chi connectivity index (χ4v) is 2.38. The maximum Gasteiger partial charge on any atom is 0.229 e. The Morgan fingerprint density at radius 3 is 2.65 bits per heavy atom. The fraction of sp³-hybridized carbons (Fsp3) is 0.222. The van der Waals surface area contributed by atoms with Gasteiger partial charge in [-0.25, -0.2) is 4.98 Å². The summed E-state index contributed by atoms with van der Waals surface area (Å²) in [6.45, 7) is 6.69. The van der Waals surface area contributed by atoms with Crippen molar-refractivity contribution in [3.05, 3.63) is 65.2 Å². The number of anilines is 3. The van der Waals surface area contributed by atoms with E-state index >= 15 is 0 Å². The Hall–Kier alpha value is -2.82. The summed E-state index contributed by atoms with van der Waals surface area (Å²) >= 11 is 0. The van der Waals surface area contributed by atoms with E-state index in [0.29, 0.717) is 12.5 Å². The topological polar surface area (TPSA) is 63.0 Å². The third-order valence-electron chi connectivity index (χ3n) is 3.51. The zero-order valence-electron chi connectivity index (χ0n) is 13.6. The lowest BCUT2D eigenvalue weighted by Crippen LogP contribution is -2.05. The molecule has 2 heterocycles. The summed E-state index contributed by atoms with van der Waals surface area (Å²) in [6, 6.07) is 12.0. The quantitative estimate of drug-likeness (QED) is 0.733. The molecule has 0 aliphatic rings. The summed E-state index contributed by atoms with van der Waals surface area (Å²) in [4.78, 5) is 8.97. The number of hydrogen-bond donors (Lipinski definition) is 2. The van der Waals surface area contributed by atoms with Gasteiger partial charge in [-0.2, -0.15) is 4.98 Å². The van der Waals surface area contributed by atoms with Crippen molar-refractivity contribution in [1.29, 1.82) is 0 Å². The molecule has 3 rings (SSSR count). The number of aromatic nitrogens is 2. The standard InChI is InChI=1S/C18H20N4O/c1-12-6-7-16(13(2)9-12)21-18-20-14(3)10-17(22-18)19-11-15-5-4-8-23-15/h4-10H,11H2,1-3H3,(H2,19,20,21,22). The van der Waals surface area contributed by atoms with Crippen LogP contribution in [0.15, 0.2) is 47.1 Å². The lowest BCUT2D eigenvalue weighted by Gasteiger charge is -2.11. The molecule has 0 fully saturated rings. The predicted octanol–water partition coefficient (Wildman–Crippen LogP) is 4.35. The molecule has 5 heteroatoms. The monoisotopic (exact) mass is 308 g/mol. The third-order valence-corrected chi connectivity index (χ3v) is 3.51. The van der Waals surface area contributed by atoms with Crippen molar-refractivity contribution >= 4 is 17.5 Å². The van der Waals surface area contributed by atoms with Crippen molar-refractivity contribution < 1.29 is 4.42 Å². The number of benzene rings is 1. The molecule has 23 heavy (non-hydrogen) atoms. The maximum absolute atomic E-state index is 5.32. The van der Waals surface area contributed by atoms with E-state index in [9.17, 15) is 0 Å². The van der Waals surface area contributed by atoms with Gasteiger partial charge in [-0.3, -0.25) is 0 Å². The second kappa shape index (κ2) is 6.52. The average Bonchev–Trinajstić information content (AvgIpc) is 3.01. The van der Waals surface area contributed by atoms with E-state index in [1.54, 1.807) is 6.26 Å². The normalized spacial score (nSPS) is 10.6. The SMILES string of the molecule is Cc1ccc(Nc2nc(C)cc(NCc3ccco3)n2)c(C)c1. The van der Waals surface area contributed by atoms with E-state index in [4.69, 9.17) is 4.42 Å². The van der Waals surface area contributed by atoms with Gasteiger partial charge in [-0.1, -0.05) is 17.7 Å². The Kier molecular flexibility index (Phi) is 4.28. The molecule has 1 aromatic carbocycles. The summed E-state index contributed by atoms with van der Waals surface area (Å²) in [5.41, 5.74) is 4.31. The van der Waals surface area contributed by atoms with Gasteiger partial charge in [-0.05, 0) is 44.5 Å². The molecule has 3 aromatic rings. The van der Waals surface area contributed by atoms with Gasteiger partial charge < -0.3 is 15.1 Å². The average molecular weight is 308 g/mol. The third kappa shape index (κ3) is 3.88. The smallest absolute Gasteiger partial charge is 0.229 e. The van der Waals surface area contributed by atoms with Crippen LogP contribution in [0.4, 0.5) is 17.5 Å². The zero-order chi connectivity index (χ0) is 16.2. The molecule has 0 saturated heterocycles. The van der Waals surface area contributed by atoms with Crippen molar-refractivity contribution in [3.63, 3.8) is 0 Å². The van der Waals surface area contributed by atoms with Crippen LogP contribution < -0.4 is 10.6 Å². The van der Waals surface area contributed by atoms with Crippen LogP contribution >= 0.6 is 0 Å². The Morgan fingerprint density at radius 1 is 1.04 bits per heavy atom. The van der Waals surface area contributed by atoms with Gasteiger partial charge in [0.15, 0.2) is 0 Å². The first-order chi connectivity index (χ1) is 11.1. The van der Waals surface area contributed by atoms with Gasteiger partial charge in [0.1, 0.15) is 11.6 Å². The number of nitrogens with one attached hydrogen (secondary N) is 2. The summed E-state index contributed by atoms with van der Waals surface area (Å²) in [5, 5.41) is 6.54. The minimum atomic E-state index is 0.582. The Morgan fingerprint density at radius 2 is 1.91 bits per heavy atom. The molecule has 118 valence electrons. The molecule has 0 spiro atoms. The summed E-state index contributed by atoms with van der Waals surface area (Å²) in [6.07, 6.45) is 1.66. The highest BCUT2D eigenvalue weighted by Crippen LogP contribution is 2.20. The highest BCUT2D eigenvalue weighted by atomic mass is 16.3. The first kappa shape index (κ1) is 15.1. The van der Waals surface area contributed by atoms with E-state index in [1.165, 1.54) is 11.1 Å². The minimum Gasteiger partial charge on any atom is -0.467 e. The molecular weight excluding hydrogens is 288 g/mol. The van der Waals surface area contributed by atoms with Crippen LogP contribution in [0, 0.1) is 20.8 Å².